The van der Waals surface area contributed by atoms with Crippen LogP contribution in [0.1, 0.15) is 37.2 Å². The molecule has 2 N–H and O–H groups in total. The topological polar surface area (TPSA) is 32.3 Å². The van der Waals surface area contributed by atoms with Crippen molar-refractivity contribution >= 4 is 0 Å². The lowest BCUT2D eigenvalue weighted by Crippen LogP contribution is -2.37. The molecule has 1 aromatic carbocycles. The van der Waals surface area contributed by atoms with E-state index in [1.54, 1.807) is 12.1 Å². The molecule has 2 aliphatic rings. The number of fused-ring (bicyclic) bond motifs is 2. The van der Waals surface area contributed by atoms with Crippen molar-refractivity contribution in [2.75, 3.05) is 0 Å². The third kappa shape index (κ3) is 1.74. The van der Waals surface area contributed by atoms with E-state index < -0.39 is 0 Å². The molecule has 1 aromatic rings. The van der Waals surface area contributed by atoms with Gasteiger partial charge in [0, 0.05) is 12.1 Å². The normalized spacial score (nSPS) is 34.3. The molecule has 2 nitrogen and oxygen atoms in total. The Morgan fingerprint density at radius 1 is 1.00 bits per heavy atom. The Morgan fingerprint density at radius 2 is 1.60 bits per heavy atom. The Morgan fingerprint density at radius 3 is 2.20 bits per heavy atom. The van der Waals surface area contributed by atoms with Gasteiger partial charge in [-0.15, -0.1) is 0 Å². The van der Waals surface area contributed by atoms with E-state index in [9.17, 15) is 5.11 Å². The van der Waals surface area contributed by atoms with Crippen molar-refractivity contribution < 1.29 is 5.11 Å². The van der Waals surface area contributed by atoms with Gasteiger partial charge in [-0.1, -0.05) is 12.1 Å². The van der Waals surface area contributed by atoms with Crippen LogP contribution in [0.5, 0.6) is 5.75 Å². The van der Waals surface area contributed by atoms with Crippen LogP contribution in [0.2, 0.25) is 0 Å². The summed E-state index contributed by atoms with van der Waals surface area (Å²) in [5.41, 5.74) is 1.39. The third-order valence-corrected chi connectivity index (χ3v) is 3.84. The lowest BCUT2D eigenvalue weighted by atomic mass is 9.86. The number of hydrogen-bond acceptors (Lipinski definition) is 2. The van der Waals surface area contributed by atoms with Crippen molar-refractivity contribution in [2.45, 2.75) is 43.7 Å². The van der Waals surface area contributed by atoms with Crippen LogP contribution in [0.25, 0.3) is 0 Å². The Balaban J connectivity index is 1.80. The number of hydrogen-bond donors (Lipinski definition) is 2. The Hall–Kier alpha value is -1.02. The highest BCUT2D eigenvalue weighted by Gasteiger charge is 2.33. The zero-order chi connectivity index (χ0) is 10.3. The van der Waals surface area contributed by atoms with E-state index in [0.717, 1.165) is 12.1 Å². The Labute approximate surface area is 90.3 Å². The van der Waals surface area contributed by atoms with Crippen LogP contribution in [-0.4, -0.2) is 17.2 Å². The van der Waals surface area contributed by atoms with Crippen molar-refractivity contribution in [1.29, 1.82) is 0 Å². The maximum atomic E-state index is 9.26. The summed E-state index contributed by atoms with van der Waals surface area (Å²) < 4.78 is 0. The molecule has 0 radical (unpaired) electrons. The van der Waals surface area contributed by atoms with Crippen LogP contribution in [0.3, 0.4) is 0 Å². The summed E-state index contributed by atoms with van der Waals surface area (Å²) in [5, 5.41) is 12.9. The number of nitrogens with one attached hydrogen (secondary N) is 1. The number of rotatable bonds is 1. The predicted molar refractivity (Wildman–Crippen MR) is 60.0 cm³/mol. The van der Waals surface area contributed by atoms with Crippen molar-refractivity contribution in [3.63, 3.8) is 0 Å². The van der Waals surface area contributed by atoms with Gasteiger partial charge < -0.3 is 10.4 Å². The van der Waals surface area contributed by atoms with Gasteiger partial charge in [0.15, 0.2) is 0 Å². The van der Waals surface area contributed by atoms with E-state index in [2.05, 4.69) is 17.4 Å². The van der Waals surface area contributed by atoms with Crippen molar-refractivity contribution in [2.24, 2.45) is 0 Å². The van der Waals surface area contributed by atoms with E-state index in [4.69, 9.17) is 0 Å². The van der Waals surface area contributed by atoms with E-state index >= 15 is 0 Å². The fraction of sp³-hybridized carbons (Fsp3) is 0.538. The lowest BCUT2D eigenvalue weighted by molar-refractivity contribution is 0.363. The molecule has 3 rings (SSSR count). The van der Waals surface area contributed by atoms with E-state index in [-0.39, 0.29) is 0 Å². The monoisotopic (exact) mass is 203 g/mol. The molecular weight excluding hydrogens is 186 g/mol. The average molecular weight is 203 g/mol. The smallest absolute Gasteiger partial charge is 0.115 e. The quantitative estimate of drug-likeness (QED) is 0.734. The zero-order valence-electron chi connectivity index (χ0n) is 8.82. The first kappa shape index (κ1) is 9.22. The van der Waals surface area contributed by atoms with Gasteiger partial charge in [0.2, 0.25) is 0 Å². The van der Waals surface area contributed by atoms with Gasteiger partial charge >= 0.3 is 0 Å². The highest BCUT2D eigenvalue weighted by molar-refractivity contribution is 5.29. The predicted octanol–water partition coefficient (Wildman–Crippen LogP) is 2.39. The molecule has 15 heavy (non-hydrogen) atoms. The Bertz CT molecular complexity index is 334. The second-order valence-corrected chi connectivity index (χ2v) is 4.90. The van der Waals surface area contributed by atoms with Gasteiger partial charge in [0.25, 0.3) is 0 Å². The lowest BCUT2D eigenvalue weighted by Gasteiger charge is -2.29. The molecule has 2 fully saturated rings. The summed E-state index contributed by atoms with van der Waals surface area (Å²) in [5.74, 6) is 1.07. The summed E-state index contributed by atoms with van der Waals surface area (Å²) in [6.45, 7) is 0. The molecule has 0 saturated carbocycles. The fourth-order valence-electron chi connectivity index (χ4n) is 3.08. The summed E-state index contributed by atoms with van der Waals surface area (Å²) >= 11 is 0. The number of aromatic hydroxyl groups is 1. The first-order valence-corrected chi connectivity index (χ1v) is 5.86. The molecule has 2 saturated heterocycles. The van der Waals surface area contributed by atoms with Crippen LogP contribution < -0.4 is 5.32 Å². The molecule has 2 unspecified atom stereocenters. The number of benzene rings is 1. The highest BCUT2D eigenvalue weighted by Crippen LogP contribution is 2.37. The minimum absolute atomic E-state index is 0.371. The SMILES string of the molecule is Oc1ccc(C2CC3CCC(C2)N3)cc1. The minimum Gasteiger partial charge on any atom is -0.508 e. The molecule has 2 atom stereocenters. The molecule has 2 aliphatic heterocycles. The molecule has 2 heterocycles. The van der Waals surface area contributed by atoms with E-state index in [0.29, 0.717) is 11.7 Å². The molecule has 80 valence electrons. The maximum Gasteiger partial charge on any atom is 0.115 e. The highest BCUT2D eigenvalue weighted by atomic mass is 16.3. The van der Waals surface area contributed by atoms with Crippen LogP contribution in [0.4, 0.5) is 0 Å². The van der Waals surface area contributed by atoms with E-state index in [1.807, 2.05) is 0 Å². The van der Waals surface area contributed by atoms with E-state index in [1.165, 1.54) is 31.2 Å². The molecule has 2 heteroatoms. The summed E-state index contributed by atoms with van der Waals surface area (Å²) in [6, 6.07) is 9.23. The van der Waals surface area contributed by atoms with Crippen molar-refractivity contribution in [1.82, 2.24) is 5.32 Å². The van der Waals surface area contributed by atoms with Crippen molar-refractivity contribution in [3.8, 4) is 5.75 Å². The summed E-state index contributed by atoms with van der Waals surface area (Å²) in [7, 11) is 0. The van der Waals surface area contributed by atoms with Gasteiger partial charge in [-0.2, -0.15) is 0 Å². The van der Waals surface area contributed by atoms with Crippen LogP contribution in [0, 0.1) is 0 Å². The maximum absolute atomic E-state index is 9.26. The average Bonchev–Trinajstić information content (AvgIpc) is 2.59. The second-order valence-electron chi connectivity index (χ2n) is 4.90. The first-order chi connectivity index (χ1) is 7.31. The summed E-state index contributed by atoms with van der Waals surface area (Å²) in [6.07, 6.45) is 5.22. The van der Waals surface area contributed by atoms with Crippen LogP contribution >= 0.6 is 0 Å². The molecular formula is C13H17NO. The molecule has 0 aliphatic carbocycles. The molecule has 0 aromatic heterocycles. The van der Waals surface area contributed by atoms with Crippen LogP contribution in [-0.2, 0) is 0 Å². The van der Waals surface area contributed by atoms with Gasteiger partial charge in [-0.25, -0.2) is 0 Å². The zero-order valence-corrected chi connectivity index (χ0v) is 8.82. The van der Waals surface area contributed by atoms with Gasteiger partial charge in [0.1, 0.15) is 5.75 Å². The van der Waals surface area contributed by atoms with Crippen molar-refractivity contribution in [3.05, 3.63) is 29.8 Å². The second kappa shape index (κ2) is 3.53. The minimum atomic E-state index is 0.371. The largest absolute Gasteiger partial charge is 0.508 e. The Kier molecular flexibility index (Phi) is 2.17. The molecule has 0 amide bonds. The first-order valence-electron chi connectivity index (χ1n) is 5.86. The number of piperidine rings is 1. The number of phenols is 1. The summed E-state index contributed by atoms with van der Waals surface area (Å²) in [4.78, 5) is 0. The van der Waals surface area contributed by atoms with Crippen LogP contribution in [0.15, 0.2) is 24.3 Å². The molecule has 0 spiro atoms. The molecule has 2 bridgehead atoms. The fourth-order valence-corrected chi connectivity index (χ4v) is 3.08. The number of phenolic OH excluding ortho intramolecular Hbond substituents is 1. The van der Waals surface area contributed by atoms with Gasteiger partial charge in [-0.05, 0) is 49.3 Å². The van der Waals surface area contributed by atoms with Gasteiger partial charge in [-0.3, -0.25) is 0 Å². The van der Waals surface area contributed by atoms with Gasteiger partial charge in [0.05, 0.1) is 0 Å². The standard InChI is InChI=1S/C13H17NO/c15-13-5-1-9(2-6-13)10-7-11-3-4-12(8-10)14-11/h1-2,5-6,10-12,14-15H,3-4,7-8H2. The third-order valence-electron chi connectivity index (χ3n) is 3.84.